The molecule has 0 saturated heterocycles. The molecule has 0 aliphatic rings. The highest BCUT2D eigenvalue weighted by molar-refractivity contribution is 5.85. The van der Waals surface area contributed by atoms with Gasteiger partial charge >= 0.3 is 0 Å². The number of fused-ring (bicyclic) bond motifs is 1. The van der Waals surface area contributed by atoms with E-state index in [-0.39, 0.29) is 6.54 Å². The molecule has 0 aliphatic carbocycles. The van der Waals surface area contributed by atoms with Crippen molar-refractivity contribution in [3.8, 4) is 17.7 Å². The fourth-order valence-corrected chi connectivity index (χ4v) is 1.91. The molecular weight excluding hydrogens is 216 g/mol. The van der Waals surface area contributed by atoms with E-state index < -0.39 is 0 Å². The quantitative estimate of drug-likeness (QED) is 0.669. The number of nitriles is 1. The molecule has 0 aliphatic heterocycles. The van der Waals surface area contributed by atoms with Gasteiger partial charge in [-0.2, -0.15) is 5.26 Å². The lowest BCUT2D eigenvalue weighted by Crippen LogP contribution is -1.97. The van der Waals surface area contributed by atoms with Gasteiger partial charge in [-0.25, -0.2) is 0 Å². The minimum atomic E-state index is 0.255. The Morgan fingerprint density at radius 2 is 2.24 bits per heavy atom. The number of rotatable bonds is 2. The molecule has 0 amide bonds. The van der Waals surface area contributed by atoms with Crippen molar-refractivity contribution in [1.82, 2.24) is 14.8 Å². The largest absolute Gasteiger partial charge is 0.422 e. The highest BCUT2D eigenvalue weighted by atomic mass is 16.4. The standard InChI is InChI=1S/C12H8N4O/c13-5-6-16-10-4-2-1-3-9(10)7-11(16)12-15-14-8-17-12/h1-4,7-8H,6H2. The molecule has 0 radical (unpaired) electrons. The molecule has 5 nitrogen and oxygen atoms in total. The second-order valence-electron chi connectivity index (χ2n) is 3.58. The van der Waals surface area contributed by atoms with Crippen molar-refractivity contribution in [1.29, 1.82) is 5.26 Å². The van der Waals surface area contributed by atoms with Crippen molar-refractivity contribution in [3.05, 3.63) is 36.7 Å². The third kappa shape index (κ3) is 1.47. The van der Waals surface area contributed by atoms with E-state index in [4.69, 9.17) is 9.68 Å². The molecule has 0 unspecified atom stereocenters. The maximum atomic E-state index is 8.88. The molecule has 0 atom stereocenters. The predicted molar refractivity (Wildman–Crippen MR) is 60.8 cm³/mol. The van der Waals surface area contributed by atoms with Crippen LogP contribution in [-0.4, -0.2) is 14.8 Å². The van der Waals surface area contributed by atoms with Crippen LogP contribution in [-0.2, 0) is 6.54 Å². The van der Waals surface area contributed by atoms with Crippen molar-refractivity contribution in [2.45, 2.75) is 6.54 Å². The van der Waals surface area contributed by atoms with Gasteiger partial charge in [-0.15, -0.1) is 10.2 Å². The van der Waals surface area contributed by atoms with Gasteiger partial charge in [0.25, 0.3) is 5.89 Å². The average Bonchev–Trinajstić information content (AvgIpc) is 2.97. The van der Waals surface area contributed by atoms with Crippen LogP contribution >= 0.6 is 0 Å². The van der Waals surface area contributed by atoms with E-state index in [1.807, 2.05) is 34.9 Å². The van der Waals surface area contributed by atoms with Crippen LogP contribution in [0.2, 0.25) is 0 Å². The van der Waals surface area contributed by atoms with Gasteiger partial charge in [0.2, 0.25) is 6.39 Å². The third-order valence-electron chi connectivity index (χ3n) is 2.62. The van der Waals surface area contributed by atoms with Crippen molar-refractivity contribution in [3.63, 3.8) is 0 Å². The van der Waals surface area contributed by atoms with E-state index in [1.165, 1.54) is 6.39 Å². The lowest BCUT2D eigenvalue weighted by atomic mass is 10.2. The molecule has 0 spiro atoms. The molecule has 0 saturated carbocycles. The summed E-state index contributed by atoms with van der Waals surface area (Å²) in [6.07, 6.45) is 1.28. The molecule has 0 N–H and O–H groups in total. The summed E-state index contributed by atoms with van der Waals surface area (Å²) in [5, 5.41) is 17.5. The summed E-state index contributed by atoms with van der Waals surface area (Å²) in [6.45, 7) is 0.255. The van der Waals surface area contributed by atoms with Crippen LogP contribution in [0.5, 0.6) is 0 Å². The fourth-order valence-electron chi connectivity index (χ4n) is 1.91. The Morgan fingerprint density at radius 3 is 3.00 bits per heavy atom. The first-order valence-electron chi connectivity index (χ1n) is 5.12. The summed E-state index contributed by atoms with van der Waals surface area (Å²) >= 11 is 0. The Labute approximate surface area is 96.9 Å². The molecule has 1 aromatic carbocycles. The summed E-state index contributed by atoms with van der Waals surface area (Å²) in [5.41, 5.74) is 1.76. The van der Waals surface area contributed by atoms with Crippen LogP contribution in [0.3, 0.4) is 0 Å². The first-order chi connectivity index (χ1) is 8.40. The van der Waals surface area contributed by atoms with Crippen molar-refractivity contribution in [2.24, 2.45) is 0 Å². The van der Waals surface area contributed by atoms with Crippen LogP contribution < -0.4 is 0 Å². The van der Waals surface area contributed by atoms with Crippen molar-refractivity contribution < 1.29 is 4.42 Å². The molecule has 0 fully saturated rings. The van der Waals surface area contributed by atoms with Crippen LogP contribution in [0, 0.1) is 11.3 Å². The maximum absolute atomic E-state index is 8.88. The lowest BCUT2D eigenvalue weighted by Gasteiger charge is -2.02. The normalized spacial score (nSPS) is 10.5. The SMILES string of the molecule is N#CCn1c(-c2nnco2)cc2ccccc21. The van der Waals surface area contributed by atoms with Gasteiger partial charge in [0, 0.05) is 10.9 Å². The van der Waals surface area contributed by atoms with Gasteiger partial charge in [0.15, 0.2) is 0 Å². The molecule has 5 heteroatoms. The second-order valence-corrected chi connectivity index (χ2v) is 3.58. The zero-order valence-corrected chi connectivity index (χ0v) is 8.87. The van der Waals surface area contributed by atoms with Gasteiger partial charge in [-0.1, -0.05) is 18.2 Å². The summed E-state index contributed by atoms with van der Waals surface area (Å²) in [6, 6.07) is 11.9. The van der Waals surface area contributed by atoms with Crippen LogP contribution in [0.4, 0.5) is 0 Å². The Bertz CT molecular complexity index is 691. The Hall–Kier alpha value is -2.61. The zero-order valence-electron chi connectivity index (χ0n) is 8.87. The molecule has 2 aromatic heterocycles. The maximum Gasteiger partial charge on any atom is 0.264 e. The van der Waals surface area contributed by atoms with E-state index >= 15 is 0 Å². The van der Waals surface area contributed by atoms with Gasteiger partial charge in [-0.3, -0.25) is 0 Å². The fraction of sp³-hybridized carbons (Fsp3) is 0.0833. The summed E-state index contributed by atoms with van der Waals surface area (Å²) in [7, 11) is 0. The second kappa shape index (κ2) is 3.76. The molecule has 2 heterocycles. The van der Waals surface area contributed by atoms with Gasteiger partial charge in [0.1, 0.15) is 12.2 Å². The van der Waals surface area contributed by atoms with Gasteiger partial charge in [-0.05, 0) is 12.1 Å². The predicted octanol–water partition coefficient (Wildman–Crippen LogP) is 2.21. The average molecular weight is 224 g/mol. The number of hydrogen-bond acceptors (Lipinski definition) is 4. The van der Waals surface area contributed by atoms with E-state index in [0.29, 0.717) is 5.89 Å². The number of aromatic nitrogens is 3. The van der Waals surface area contributed by atoms with E-state index in [9.17, 15) is 0 Å². The molecule has 3 aromatic rings. The van der Waals surface area contributed by atoms with Crippen LogP contribution in [0.15, 0.2) is 41.1 Å². The Morgan fingerprint density at radius 1 is 1.35 bits per heavy atom. The lowest BCUT2D eigenvalue weighted by molar-refractivity contribution is 0.563. The molecule has 82 valence electrons. The summed E-state index contributed by atoms with van der Waals surface area (Å²) in [4.78, 5) is 0. The topological polar surface area (TPSA) is 67.6 Å². The monoisotopic (exact) mass is 224 g/mol. The minimum Gasteiger partial charge on any atom is -0.422 e. The van der Waals surface area contributed by atoms with Crippen LogP contribution in [0.25, 0.3) is 22.5 Å². The number of hydrogen-bond donors (Lipinski definition) is 0. The zero-order chi connectivity index (χ0) is 11.7. The Balaban J connectivity index is 2.31. The van der Waals surface area contributed by atoms with E-state index in [1.54, 1.807) is 0 Å². The molecular formula is C12H8N4O. The molecule has 17 heavy (non-hydrogen) atoms. The highest BCUT2D eigenvalue weighted by Gasteiger charge is 2.13. The van der Waals surface area contributed by atoms with Gasteiger partial charge in [0.05, 0.1) is 6.07 Å². The first-order valence-corrected chi connectivity index (χ1v) is 5.12. The van der Waals surface area contributed by atoms with E-state index in [0.717, 1.165) is 16.6 Å². The van der Waals surface area contributed by atoms with Crippen molar-refractivity contribution >= 4 is 10.9 Å². The van der Waals surface area contributed by atoms with E-state index in [2.05, 4.69) is 16.3 Å². The third-order valence-corrected chi connectivity index (χ3v) is 2.62. The highest BCUT2D eigenvalue weighted by Crippen LogP contribution is 2.26. The smallest absolute Gasteiger partial charge is 0.264 e. The summed E-state index contributed by atoms with van der Waals surface area (Å²) in [5.74, 6) is 0.427. The van der Waals surface area contributed by atoms with Crippen molar-refractivity contribution in [2.75, 3.05) is 0 Å². The number of nitrogens with zero attached hydrogens (tertiary/aromatic N) is 4. The number of benzene rings is 1. The number of para-hydroxylation sites is 1. The van der Waals surface area contributed by atoms with Crippen LogP contribution in [0.1, 0.15) is 0 Å². The first kappa shape index (κ1) is 9.60. The Kier molecular flexibility index (Phi) is 2.12. The van der Waals surface area contributed by atoms with Gasteiger partial charge < -0.3 is 8.98 Å². The molecule has 0 bridgehead atoms. The summed E-state index contributed by atoms with van der Waals surface area (Å²) < 4.78 is 7.05. The molecule has 3 rings (SSSR count). The minimum absolute atomic E-state index is 0.255.